The van der Waals surface area contributed by atoms with E-state index in [2.05, 4.69) is 51.1 Å². The minimum atomic E-state index is 0.116. The lowest BCUT2D eigenvalue weighted by atomic mass is 9.91. The minimum absolute atomic E-state index is 0.116. The molecule has 0 aromatic heterocycles. The van der Waals surface area contributed by atoms with Gasteiger partial charge in [0.05, 0.1) is 0 Å². The van der Waals surface area contributed by atoms with Gasteiger partial charge in [-0.05, 0) is 48.6 Å². The van der Waals surface area contributed by atoms with Crippen molar-refractivity contribution in [1.82, 2.24) is 0 Å². The van der Waals surface area contributed by atoms with Gasteiger partial charge in [-0.15, -0.1) is 0 Å². The van der Waals surface area contributed by atoms with E-state index in [1.807, 2.05) is 12.1 Å². The molecule has 2 aromatic rings. The van der Waals surface area contributed by atoms with Gasteiger partial charge in [-0.25, -0.2) is 0 Å². The highest BCUT2D eigenvalue weighted by molar-refractivity contribution is 5.99. The number of carbonyl (C=O) groups is 1. The molecule has 1 nitrogen and oxygen atoms in total. The van der Waals surface area contributed by atoms with Crippen molar-refractivity contribution in [2.75, 3.05) is 0 Å². The van der Waals surface area contributed by atoms with E-state index in [0.717, 1.165) is 5.56 Å². The van der Waals surface area contributed by atoms with Crippen molar-refractivity contribution in [2.24, 2.45) is 0 Å². The maximum Gasteiger partial charge on any atom is 0.159 e. The Labute approximate surface area is 126 Å². The molecule has 0 amide bonds. The summed E-state index contributed by atoms with van der Waals surface area (Å²) in [5.74, 6) is 0.522. The first kappa shape index (κ1) is 13.8. The maximum absolute atomic E-state index is 11.4. The topological polar surface area (TPSA) is 17.1 Å². The molecule has 3 rings (SSSR count). The van der Waals surface area contributed by atoms with Crippen LogP contribution < -0.4 is 0 Å². The Morgan fingerprint density at radius 2 is 1.67 bits per heavy atom. The summed E-state index contributed by atoms with van der Waals surface area (Å²) in [4.78, 5) is 11.4. The fourth-order valence-electron chi connectivity index (χ4n) is 3.36. The lowest BCUT2D eigenvalue weighted by Gasteiger charge is -2.12. The van der Waals surface area contributed by atoms with Gasteiger partial charge >= 0.3 is 0 Å². The Hall–Kier alpha value is -2.15. The van der Waals surface area contributed by atoms with Gasteiger partial charge in [-0.2, -0.15) is 0 Å². The third-order valence-corrected chi connectivity index (χ3v) is 4.52. The number of rotatable bonds is 2. The number of aryl methyl sites for hydroxylation is 1. The third kappa shape index (κ3) is 2.23. The molecule has 1 aliphatic rings. The van der Waals surface area contributed by atoms with Crippen LogP contribution in [0, 0.1) is 6.92 Å². The molecule has 0 heterocycles. The van der Waals surface area contributed by atoms with Crippen molar-refractivity contribution in [1.29, 1.82) is 0 Å². The van der Waals surface area contributed by atoms with Gasteiger partial charge in [-0.3, -0.25) is 4.79 Å². The van der Waals surface area contributed by atoms with Crippen LogP contribution in [0.25, 0.3) is 11.1 Å². The second-order valence-corrected chi connectivity index (χ2v) is 5.98. The monoisotopic (exact) mass is 276 g/mol. The van der Waals surface area contributed by atoms with Crippen LogP contribution in [0.4, 0.5) is 0 Å². The van der Waals surface area contributed by atoms with Gasteiger partial charge < -0.3 is 0 Å². The molecule has 0 radical (unpaired) electrons. The van der Waals surface area contributed by atoms with Crippen molar-refractivity contribution in [3.63, 3.8) is 0 Å². The van der Waals surface area contributed by atoms with Crippen molar-refractivity contribution < 1.29 is 4.79 Å². The number of benzene rings is 2. The Kier molecular flexibility index (Phi) is 3.29. The Morgan fingerprint density at radius 1 is 1.00 bits per heavy atom. The van der Waals surface area contributed by atoms with E-state index in [9.17, 15) is 4.79 Å². The summed E-state index contributed by atoms with van der Waals surface area (Å²) >= 11 is 0. The van der Waals surface area contributed by atoms with Crippen LogP contribution in [0.2, 0.25) is 0 Å². The summed E-state index contributed by atoms with van der Waals surface area (Å²) in [5, 5.41) is 0. The molecule has 0 spiro atoms. The highest BCUT2D eigenvalue weighted by atomic mass is 16.1. The van der Waals surface area contributed by atoms with Crippen LogP contribution >= 0.6 is 0 Å². The number of hydrogen-bond acceptors (Lipinski definition) is 1. The van der Waals surface area contributed by atoms with E-state index in [1.54, 1.807) is 6.92 Å². The highest BCUT2D eigenvalue weighted by Gasteiger charge is 2.26. The summed E-state index contributed by atoms with van der Waals surface area (Å²) < 4.78 is 0. The number of fused-ring (bicyclic) bond motifs is 1. The second-order valence-electron chi connectivity index (χ2n) is 5.98. The molecule has 1 atom stereocenters. The van der Waals surface area contributed by atoms with Crippen LogP contribution in [0.5, 0.6) is 0 Å². The average molecular weight is 276 g/mol. The molecule has 1 heteroatoms. The van der Waals surface area contributed by atoms with Gasteiger partial charge in [0.25, 0.3) is 0 Å². The lowest BCUT2D eigenvalue weighted by Crippen LogP contribution is -1.96. The first-order chi connectivity index (χ1) is 9.99. The molecule has 1 aliphatic carbocycles. The predicted octanol–water partition coefficient (Wildman–Crippen LogP) is 5.25. The Balaban J connectivity index is 2.07. The van der Waals surface area contributed by atoms with Crippen LogP contribution in [0.1, 0.15) is 59.3 Å². The zero-order valence-electron chi connectivity index (χ0n) is 13.0. The zero-order valence-corrected chi connectivity index (χ0v) is 13.0. The van der Waals surface area contributed by atoms with E-state index in [4.69, 9.17) is 0 Å². The van der Waals surface area contributed by atoms with Crippen molar-refractivity contribution >= 4 is 16.9 Å². The second kappa shape index (κ2) is 5.00. The first-order valence-corrected chi connectivity index (χ1v) is 7.42. The van der Waals surface area contributed by atoms with Crippen LogP contribution in [-0.2, 0) is 0 Å². The summed E-state index contributed by atoms with van der Waals surface area (Å²) in [7, 11) is 0. The normalized spacial score (nSPS) is 17.0. The van der Waals surface area contributed by atoms with Crippen LogP contribution in [-0.4, -0.2) is 5.78 Å². The minimum Gasteiger partial charge on any atom is -0.295 e. The highest BCUT2D eigenvalue weighted by Crippen LogP contribution is 2.46. The number of Topliss-reactive ketones (excluding diaryl/α,β-unsaturated/α-hetero) is 1. The van der Waals surface area contributed by atoms with E-state index in [0.29, 0.717) is 5.92 Å². The summed E-state index contributed by atoms with van der Waals surface area (Å²) in [6, 6.07) is 14.7. The molecule has 1 unspecified atom stereocenters. The quantitative estimate of drug-likeness (QED) is 0.685. The van der Waals surface area contributed by atoms with Crippen LogP contribution in [0.3, 0.4) is 0 Å². The smallest absolute Gasteiger partial charge is 0.159 e. The molecule has 0 N–H and O–H groups in total. The molecular formula is C20H20O. The molecule has 0 saturated carbocycles. The zero-order chi connectivity index (χ0) is 15.1. The van der Waals surface area contributed by atoms with Gasteiger partial charge in [0.15, 0.2) is 5.78 Å². The van der Waals surface area contributed by atoms with Crippen molar-refractivity contribution in [2.45, 2.75) is 33.6 Å². The van der Waals surface area contributed by atoms with Gasteiger partial charge in [0, 0.05) is 11.5 Å². The van der Waals surface area contributed by atoms with Crippen molar-refractivity contribution in [3.05, 3.63) is 70.3 Å². The van der Waals surface area contributed by atoms with Crippen LogP contribution in [0.15, 0.2) is 42.5 Å². The molecule has 21 heavy (non-hydrogen) atoms. The van der Waals surface area contributed by atoms with E-state index in [1.165, 1.54) is 33.4 Å². The Morgan fingerprint density at radius 3 is 2.29 bits per heavy atom. The molecule has 0 saturated heterocycles. The van der Waals surface area contributed by atoms with E-state index >= 15 is 0 Å². The molecule has 0 fully saturated rings. The van der Waals surface area contributed by atoms with Crippen molar-refractivity contribution in [3.8, 4) is 0 Å². The molecule has 106 valence electrons. The third-order valence-electron chi connectivity index (χ3n) is 4.52. The largest absolute Gasteiger partial charge is 0.295 e. The van der Waals surface area contributed by atoms with Gasteiger partial charge in [0.2, 0.25) is 0 Å². The van der Waals surface area contributed by atoms with E-state index < -0.39 is 0 Å². The number of ketones is 1. The lowest BCUT2D eigenvalue weighted by molar-refractivity contribution is 0.101. The summed E-state index contributed by atoms with van der Waals surface area (Å²) in [6.07, 6.45) is 0. The number of allylic oxidation sites excluding steroid dienone is 2. The number of hydrogen-bond donors (Lipinski definition) is 0. The average Bonchev–Trinajstić information content (AvgIpc) is 2.70. The van der Waals surface area contributed by atoms with Gasteiger partial charge in [-0.1, -0.05) is 55.0 Å². The summed E-state index contributed by atoms with van der Waals surface area (Å²) in [5.41, 5.74) is 8.81. The van der Waals surface area contributed by atoms with Gasteiger partial charge in [0.1, 0.15) is 0 Å². The molecular weight excluding hydrogens is 256 g/mol. The standard InChI is InChI=1S/C20H20O/c1-12-5-10-18-13(2)20(14(3)19(18)11-12)17-8-6-16(7-9-17)15(4)21/h5-11,14H,1-4H3. The fraction of sp³-hybridized carbons (Fsp3) is 0.250. The first-order valence-electron chi connectivity index (χ1n) is 7.42. The Bertz CT molecular complexity index is 748. The summed E-state index contributed by atoms with van der Waals surface area (Å²) in [6.45, 7) is 8.22. The predicted molar refractivity (Wildman–Crippen MR) is 88.5 cm³/mol. The maximum atomic E-state index is 11.4. The molecule has 0 bridgehead atoms. The number of carbonyl (C=O) groups excluding carboxylic acids is 1. The molecule has 0 aliphatic heterocycles. The fourth-order valence-corrected chi connectivity index (χ4v) is 3.36. The van der Waals surface area contributed by atoms with E-state index in [-0.39, 0.29) is 5.78 Å². The SMILES string of the molecule is CC(=O)c1ccc(C2=C(C)c3ccc(C)cc3C2C)cc1. The molecule has 2 aromatic carbocycles.